The van der Waals surface area contributed by atoms with Crippen LogP contribution in [0, 0.1) is 16.7 Å². The van der Waals surface area contributed by atoms with E-state index in [1.165, 1.54) is 7.11 Å². The molecule has 0 rings (SSSR count). The summed E-state index contributed by atoms with van der Waals surface area (Å²) in [5.74, 6) is 0.173. The number of ether oxygens (including phenoxy) is 1. The molecule has 0 heterocycles. The van der Waals surface area contributed by atoms with Crippen molar-refractivity contribution in [3.05, 3.63) is 0 Å². The summed E-state index contributed by atoms with van der Waals surface area (Å²) in [7, 11) is 1.43. The summed E-state index contributed by atoms with van der Waals surface area (Å²) in [4.78, 5) is 0. The Kier molecular flexibility index (Phi) is 8.94. The van der Waals surface area contributed by atoms with Crippen molar-refractivity contribution in [2.24, 2.45) is 0 Å². The van der Waals surface area contributed by atoms with Gasteiger partial charge in [-0.15, -0.1) is 12.4 Å². The lowest BCUT2D eigenvalue weighted by Crippen LogP contribution is -1.96. The molecule has 0 saturated heterocycles. The smallest absolute Gasteiger partial charge is 0.181 e. The molecule has 0 atom stereocenters. The van der Waals surface area contributed by atoms with E-state index >= 15 is 0 Å². The molecular formula is C5H9ClN2O. The van der Waals surface area contributed by atoms with Crippen LogP contribution in [-0.4, -0.2) is 13.0 Å². The first-order chi connectivity index (χ1) is 3.81. The molecule has 3 nitrogen and oxygen atoms in total. The van der Waals surface area contributed by atoms with Crippen molar-refractivity contribution in [1.29, 1.82) is 10.7 Å². The molecule has 1 N–H and O–H groups in total. The summed E-state index contributed by atoms with van der Waals surface area (Å²) in [6.45, 7) is 0. The van der Waals surface area contributed by atoms with Gasteiger partial charge in [0.15, 0.2) is 5.90 Å². The molecule has 0 amide bonds. The van der Waals surface area contributed by atoms with Gasteiger partial charge in [-0.25, -0.2) is 0 Å². The van der Waals surface area contributed by atoms with E-state index in [0.717, 1.165) is 0 Å². The van der Waals surface area contributed by atoms with Crippen LogP contribution in [-0.2, 0) is 4.74 Å². The SMILES string of the molecule is COC(=N)CCC#N.Cl. The molecule has 0 saturated carbocycles. The predicted molar refractivity (Wildman–Crippen MR) is 36.8 cm³/mol. The van der Waals surface area contributed by atoms with Crippen LogP contribution in [0.3, 0.4) is 0 Å². The molecule has 0 aromatic rings. The number of methoxy groups -OCH3 is 1. The second-order valence-corrected chi connectivity index (χ2v) is 1.29. The maximum Gasteiger partial charge on any atom is 0.181 e. The lowest BCUT2D eigenvalue weighted by atomic mass is 10.3. The summed E-state index contributed by atoms with van der Waals surface area (Å²) in [5.41, 5.74) is 0. The normalized spacial score (nSPS) is 6.67. The number of hydrogen-bond acceptors (Lipinski definition) is 3. The average molecular weight is 149 g/mol. The topological polar surface area (TPSA) is 56.9 Å². The zero-order valence-corrected chi connectivity index (χ0v) is 5.99. The summed E-state index contributed by atoms with van der Waals surface area (Å²) >= 11 is 0. The quantitative estimate of drug-likeness (QED) is 0.475. The maximum atomic E-state index is 8.01. The highest BCUT2D eigenvalue weighted by Gasteiger charge is 1.90. The van der Waals surface area contributed by atoms with Crippen LogP contribution >= 0.6 is 12.4 Å². The van der Waals surface area contributed by atoms with E-state index < -0.39 is 0 Å². The lowest BCUT2D eigenvalue weighted by molar-refractivity contribution is 0.386. The minimum absolute atomic E-state index is 0. The van der Waals surface area contributed by atoms with Crippen LogP contribution in [0.1, 0.15) is 12.8 Å². The highest BCUT2D eigenvalue weighted by molar-refractivity contribution is 5.85. The van der Waals surface area contributed by atoms with Crippen LogP contribution in [0.25, 0.3) is 0 Å². The minimum atomic E-state index is 0. The molecule has 0 spiro atoms. The fraction of sp³-hybridized carbons (Fsp3) is 0.600. The molecule has 0 unspecified atom stereocenters. The van der Waals surface area contributed by atoms with E-state index in [0.29, 0.717) is 12.8 Å². The Morgan fingerprint density at radius 1 is 1.78 bits per heavy atom. The summed E-state index contributed by atoms with van der Waals surface area (Å²) in [6, 6.07) is 1.91. The number of hydrogen-bond donors (Lipinski definition) is 1. The third kappa shape index (κ3) is 7.25. The fourth-order valence-corrected chi connectivity index (χ4v) is 0.271. The third-order valence-electron chi connectivity index (χ3n) is 0.710. The van der Waals surface area contributed by atoms with E-state index in [1.54, 1.807) is 0 Å². The second kappa shape index (κ2) is 7.25. The highest BCUT2D eigenvalue weighted by Crippen LogP contribution is 1.87. The molecule has 0 radical (unpaired) electrons. The highest BCUT2D eigenvalue weighted by atomic mass is 35.5. The molecule has 0 aromatic heterocycles. The van der Waals surface area contributed by atoms with Gasteiger partial charge in [-0.3, -0.25) is 5.41 Å². The zero-order chi connectivity index (χ0) is 6.41. The van der Waals surface area contributed by atoms with Crippen LogP contribution in [0.15, 0.2) is 0 Å². The van der Waals surface area contributed by atoms with Crippen molar-refractivity contribution in [2.75, 3.05) is 7.11 Å². The van der Waals surface area contributed by atoms with Crippen molar-refractivity contribution in [3.8, 4) is 6.07 Å². The molecule has 0 fully saturated rings. The first-order valence-electron chi connectivity index (χ1n) is 2.29. The Hall–Kier alpha value is -0.750. The predicted octanol–water partition coefficient (Wildman–Crippen LogP) is 1.34. The Balaban J connectivity index is 0. The summed E-state index contributed by atoms with van der Waals surface area (Å²) in [6.07, 6.45) is 0.791. The van der Waals surface area contributed by atoms with Gasteiger partial charge in [-0.1, -0.05) is 0 Å². The van der Waals surface area contributed by atoms with Crippen LogP contribution in [0.5, 0.6) is 0 Å². The number of nitrogens with one attached hydrogen (secondary N) is 1. The fourth-order valence-electron chi connectivity index (χ4n) is 0.271. The molecule has 4 heteroatoms. The van der Waals surface area contributed by atoms with Crippen molar-refractivity contribution in [3.63, 3.8) is 0 Å². The Labute approximate surface area is 60.5 Å². The zero-order valence-electron chi connectivity index (χ0n) is 5.18. The van der Waals surface area contributed by atoms with Gasteiger partial charge in [-0.05, 0) is 0 Å². The monoisotopic (exact) mass is 148 g/mol. The maximum absolute atomic E-state index is 8.01. The van der Waals surface area contributed by atoms with Gasteiger partial charge in [0.2, 0.25) is 0 Å². The lowest BCUT2D eigenvalue weighted by Gasteiger charge is -1.94. The summed E-state index contributed by atoms with van der Waals surface area (Å²) in [5, 5.41) is 14.9. The second-order valence-electron chi connectivity index (χ2n) is 1.29. The van der Waals surface area contributed by atoms with Gasteiger partial charge in [0, 0.05) is 12.8 Å². The van der Waals surface area contributed by atoms with Crippen molar-refractivity contribution in [2.45, 2.75) is 12.8 Å². The third-order valence-corrected chi connectivity index (χ3v) is 0.710. The van der Waals surface area contributed by atoms with E-state index in [2.05, 4.69) is 4.74 Å². The first kappa shape index (κ1) is 11.1. The number of rotatable bonds is 2. The van der Waals surface area contributed by atoms with Crippen molar-refractivity contribution >= 4 is 18.3 Å². The molecule has 52 valence electrons. The minimum Gasteiger partial charge on any atom is -0.484 e. The van der Waals surface area contributed by atoms with Crippen LogP contribution < -0.4 is 0 Å². The molecule has 0 aliphatic heterocycles. The largest absolute Gasteiger partial charge is 0.484 e. The van der Waals surface area contributed by atoms with Gasteiger partial charge in [0.25, 0.3) is 0 Å². The standard InChI is InChI=1S/C5H8N2O.ClH/c1-8-5(7)3-2-4-6;/h7H,2-3H2,1H3;1H. The molecule has 0 aromatic carbocycles. The van der Waals surface area contributed by atoms with Crippen LogP contribution in [0.2, 0.25) is 0 Å². The molecule has 9 heavy (non-hydrogen) atoms. The van der Waals surface area contributed by atoms with Crippen molar-refractivity contribution in [1.82, 2.24) is 0 Å². The van der Waals surface area contributed by atoms with Gasteiger partial charge in [0.1, 0.15) is 0 Å². The van der Waals surface area contributed by atoms with E-state index in [4.69, 9.17) is 10.7 Å². The van der Waals surface area contributed by atoms with Gasteiger partial charge in [0.05, 0.1) is 13.2 Å². The molecule has 0 bridgehead atoms. The Morgan fingerprint density at radius 3 is 2.67 bits per heavy atom. The Bertz CT molecular complexity index is 119. The number of nitriles is 1. The van der Waals surface area contributed by atoms with Gasteiger partial charge >= 0.3 is 0 Å². The van der Waals surface area contributed by atoms with E-state index in [1.807, 2.05) is 6.07 Å². The van der Waals surface area contributed by atoms with Gasteiger partial charge < -0.3 is 4.74 Å². The van der Waals surface area contributed by atoms with E-state index in [9.17, 15) is 0 Å². The number of nitrogens with zero attached hydrogens (tertiary/aromatic N) is 1. The first-order valence-corrected chi connectivity index (χ1v) is 2.29. The van der Waals surface area contributed by atoms with Crippen molar-refractivity contribution < 1.29 is 4.74 Å². The number of halogens is 1. The van der Waals surface area contributed by atoms with Gasteiger partial charge in [-0.2, -0.15) is 5.26 Å². The molecule has 0 aliphatic rings. The Morgan fingerprint density at radius 2 is 2.33 bits per heavy atom. The average Bonchev–Trinajstić information content (AvgIpc) is 1.83. The molecule has 0 aliphatic carbocycles. The summed E-state index contributed by atoms with van der Waals surface area (Å²) < 4.78 is 4.48. The van der Waals surface area contributed by atoms with E-state index in [-0.39, 0.29) is 18.3 Å². The van der Waals surface area contributed by atoms with Crippen LogP contribution in [0.4, 0.5) is 0 Å². The molecular weight excluding hydrogens is 140 g/mol.